The first kappa shape index (κ1) is 17.9. The molecule has 0 aromatic heterocycles. The highest BCUT2D eigenvalue weighted by Gasteiger charge is 2.08. The van der Waals surface area contributed by atoms with Crippen molar-refractivity contribution in [1.29, 1.82) is 0 Å². The minimum absolute atomic E-state index is 0.120. The second-order valence-electron chi connectivity index (χ2n) is 5.16. The van der Waals surface area contributed by atoms with Crippen molar-refractivity contribution in [2.75, 3.05) is 22.9 Å². The van der Waals surface area contributed by atoms with Crippen LogP contribution in [0.1, 0.15) is 12.5 Å². The van der Waals surface area contributed by atoms with E-state index in [0.29, 0.717) is 0 Å². The van der Waals surface area contributed by atoms with Gasteiger partial charge in [0.1, 0.15) is 0 Å². The molecule has 0 heterocycles. The number of rotatable bonds is 8. The Morgan fingerprint density at radius 2 is 1.71 bits per heavy atom. The minimum Gasteiger partial charge on any atom is -0.375 e. The van der Waals surface area contributed by atoms with Crippen molar-refractivity contribution in [1.82, 2.24) is 0 Å². The molecule has 0 saturated heterocycles. The zero-order chi connectivity index (χ0) is 17.4. The monoisotopic (exact) mass is 343 g/mol. The lowest BCUT2D eigenvalue weighted by Gasteiger charge is -2.13. The topological polar surface area (TPSA) is 84.2 Å². The van der Waals surface area contributed by atoms with Gasteiger partial charge in [-0.15, -0.1) is 11.8 Å². The normalized spacial score (nSPS) is 10.2. The van der Waals surface area contributed by atoms with Gasteiger partial charge in [0.15, 0.2) is 0 Å². The van der Waals surface area contributed by atoms with Crippen molar-refractivity contribution in [3.8, 4) is 0 Å². The Hall–Kier alpha value is -2.47. The van der Waals surface area contributed by atoms with Gasteiger partial charge in [-0.3, -0.25) is 9.59 Å². The number of nitrogens with one attached hydrogen (secondary N) is 2. The van der Waals surface area contributed by atoms with Gasteiger partial charge in [-0.25, -0.2) is 0 Å². The van der Waals surface area contributed by atoms with Crippen LogP contribution in [0.3, 0.4) is 0 Å². The van der Waals surface area contributed by atoms with E-state index in [9.17, 15) is 9.59 Å². The lowest BCUT2D eigenvalue weighted by molar-refractivity contribution is -0.116. The van der Waals surface area contributed by atoms with Crippen LogP contribution in [0.2, 0.25) is 0 Å². The predicted octanol–water partition coefficient (Wildman–Crippen LogP) is 2.88. The van der Waals surface area contributed by atoms with E-state index in [2.05, 4.69) is 17.6 Å². The van der Waals surface area contributed by atoms with Crippen molar-refractivity contribution in [3.63, 3.8) is 0 Å². The fraction of sp³-hybridized carbons (Fsp3) is 0.222. The lowest BCUT2D eigenvalue weighted by atomic mass is 10.1. The lowest BCUT2D eigenvalue weighted by Crippen LogP contribution is -2.22. The van der Waals surface area contributed by atoms with E-state index in [1.54, 1.807) is 0 Å². The second kappa shape index (κ2) is 8.98. The summed E-state index contributed by atoms with van der Waals surface area (Å²) in [5, 5.41) is 6.03. The smallest absolute Gasteiger partial charge is 0.243 e. The predicted molar refractivity (Wildman–Crippen MR) is 99.3 cm³/mol. The van der Waals surface area contributed by atoms with E-state index in [1.807, 2.05) is 48.5 Å². The fourth-order valence-corrected chi connectivity index (χ4v) is 2.98. The summed E-state index contributed by atoms with van der Waals surface area (Å²) in [5.41, 5.74) is 7.93. The standard InChI is InChI=1S/C18H21N3O2S/c1-2-13-7-3-4-8-14(13)21-18(23)11-20-15-9-5-6-10-16(15)24-12-17(19)22/h3-10,20H,2,11-12H2,1H3,(H2,19,22)(H,21,23). The highest BCUT2D eigenvalue weighted by atomic mass is 32.2. The van der Waals surface area contributed by atoms with Crippen LogP contribution in [0.4, 0.5) is 11.4 Å². The molecular formula is C18H21N3O2S. The molecule has 0 spiro atoms. The van der Waals surface area contributed by atoms with Crippen LogP contribution >= 0.6 is 11.8 Å². The Bertz CT molecular complexity index is 719. The number of hydrogen-bond acceptors (Lipinski definition) is 4. The van der Waals surface area contributed by atoms with E-state index in [1.165, 1.54) is 11.8 Å². The number of hydrogen-bond donors (Lipinski definition) is 3. The number of benzene rings is 2. The van der Waals surface area contributed by atoms with Crippen molar-refractivity contribution in [2.24, 2.45) is 5.73 Å². The molecule has 2 rings (SSSR count). The summed E-state index contributed by atoms with van der Waals surface area (Å²) in [5.74, 6) is -0.288. The maximum Gasteiger partial charge on any atom is 0.243 e. The number of anilines is 2. The Kier molecular flexibility index (Phi) is 6.69. The molecule has 0 unspecified atom stereocenters. The third-order valence-electron chi connectivity index (χ3n) is 3.37. The van der Waals surface area contributed by atoms with Gasteiger partial charge in [-0.05, 0) is 30.2 Å². The van der Waals surface area contributed by atoms with Crippen LogP contribution in [0.25, 0.3) is 0 Å². The molecule has 0 aliphatic heterocycles. The molecule has 0 atom stereocenters. The third-order valence-corrected chi connectivity index (χ3v) is 4.46. The van der Waals surface area contributed by atoms with Gasteiger partial charge in [0, 0.05) is 16.3 Å². The van der Waals surface area contributed by atoms with Gasteiger partial charge in [0.2, 0.25) is 11.8 Å². The fourth-order valence-electron chi connectivity index (χ4n) is 2.21. The van der Waals surface area contributed by atoms with Gasteiger partial charge in [-0.1, -0.05) is 37.3 Å². The molecule has 126 valence electrons. The van der Waals surface area contributed by atoms with E-state index in [0.717, 1.165) is 28.3 Å². The highest BCUT2D eigenvalue weighted by molar-refractivity contribution is 8.00. The number of nitrogens with two attached hydrogens (primary N) is 1. The van der Waals surface area contributed by atoms with Gasteiger partial charge in [0.05, 0.1) is 12.3 Å². The van der Waals surface area contributed by atoms with Crippen molar-refractivity contribution >= 4 is 35.0 Å². The van der Waals surface area contributed by atoms with Crippen LogP contribution < -0.4 is 16.4 Å². The Morgan fingerprint density at radius 1 is 1.04 bits per heavy atom. The minimum atomic E-state index is -0.372. The molecule has 2 aromatic carbocycles. The Labute approximate surface area is 146 Å². The Balaban J connectivity index is 1.95. The van der Waals surface area contributed by atoms with Crippen LogP contribution in [0.5, 0.6) is 0 Å². The van der Waals surface area contributed by atoms with Crippen molar-refractivity contribution in [3.05, 3.63) is 54.1 Å². The van der Waals surface area contributed by atoms with Crippen LogP contribution in [0, 0.1) is 0 Å². The molecule has 6 heteroatoms. The SMILES string of the molecule is CCc1ccccc1NC(=O)CNc1ccccc1SCC(N)=O. The summed E-state index contributed by atoms with van der Waals surface area (Å²) in [4.78, 5) is 24.0. The maximum absolute atomic E-state index is 12.2. The van der Waals surface area contributed by atoms with Gasteiger partial charge < -0.3 is 16.4 Å². The van der Waals surface area contributed by atoms with E-state index >= 15 is 0 Å². The molecule has 0 bridgehead atoms. The first-order valence-electron chi connectivity index (χ1n) is 7.72. The largest absolute Gasteiger partial charge is 0.375 e. The summed E-state index contributed by atoms with van der Waals surface area (Å²) in [6.45, 7) is 2.20. The molecule has 0 fully saturated rings. The summed E-state index contributed by atoms with van der Waals surface area (Å²) in [6.07, 6.45) is 0.858. The molecule has 2 aromatic rings. The quantitative estimate of drug-likeness (QED) is 0.644. The van der Waals surface area contributed by atoms with Crippen LogP contribution in [0.15, 0.2) is 53.4 Å². The molecular weight excluding hydrogens is 322 g/mol. The zero-order valence-corrected chi connectivity index (χ0v) is 14.4. The number of thioether (sulfide) groups is 1. The van der Waals surface area contributed by atoms with E-state index in [-0.39, 0.29) is 24.1 Å². The maximum atomic E-state index is 12.2. The molecule has 0 aliphatic rings. The van der Waals surface area contributed by atoms with E-state index in [4.69, 9.17) is 5.73 Å². The van der Waals surface area contributed by atoms with Crippen molar-refractivity contribution in [2.45, 2.75) is 18.2 Å². The molecule has 5 nitrogen and oxygen atoms in total. The number of primary amides is 1. The zero-order valence-electron chi connectivity index (χ0n) is 13.5. The first-order valence-corrected chi connectivity index (χ1v) is 8.70. The summed E-state index contributed by atoms with van der Waals surface area (Å²) in [7, 11) is 0. The average Bonchev–Trinajstić information content (AvgIpc) is 2.59. The second-order valence-corrected chi connectivity index (χ2v) is 6.18. The summed E-state index contributed by atoms with van der Waals surface area (Å²) in [6, 6.07) is 15.3. The molecule has 4 N–H and O–H groups in total. The molecule has 24 heavy (non-hydrogen) atoms. The number of para-hydroxylation sites is 2. The number of carbonyl (C=O) groups is 2. The number of amides is 2. The van der Waals surface area contributed by atoms with Gasteiger partial charge in [0.25, 0.3) is 0 Å². The molecule has 0 radical (unpaired) electrons. The Morgan fingerprint density at radius 3 is 2.42 bits per heavy atom. The summed E-state index contributed by atoms with van der Waals surface area (Å²) < 4.78 is 0. The number of carbonyl (C=O) groups excluding carboxylic acids is 2. The van der Waals surface area contributed by atoms with E-state index < -0.39 is 0 Å². The van der Waals surface area contributed by atoms with Gasteiger partial charge in [-0.2, -0.15) is 0 Å². The molecule has 0 saturated carbocycles. The summed E-state index contributed by atoms with van der Waals surface area (Å²) >= 11 is 1.35. The van der Waals surface area contributed by atoms with Crippen LogP contribution in [-0.2, 0) is 16.0 Å². The third kappa shape index (κ3) is 5.31. The highest BCUT2D eigenvalue weighted by Crippen LogP contribution is 2.26. The average molecular weight is 343 g/mol. The number of aryl methyl sites for hydroxylation is 1. The molecule has 0 aliphatic carbocycles. The molecule has 2 amide bonds. The first-order chi connectivity index (χ1) is 11.6. The van der Waals surface area contributed by atoms with Crippen LogP contribution in [-0.4, -0.2) is 24.1 Å². The van der Waals surface area contributed by atoms with Crippen molar-refractivity contribution < 1.29 is 9.59 Å². The van der Waals surface area contributed by atoms with Gasteiger partial charge >= 0.3 is 0 Å².